The molecule has 27 heavy (non-hydrogen) atoms. The van der Waals surface area contributed by atoms with Gasteiger partial charge in [-0.05, 0) is 42.7 Å². The van der Waals surface area contributed by atoms with Crippen molar-refractivity contribution >= 4 is 11.6 Å². The third-order valence-electron chi connectivity index (χ3n) is 5.07. The molecule has 5 nitrogen and oxygen atoms in total. The summed E-state index contributed by atoms with van der Waals surface area (Å²) in [6, 6.07) is 16.0. The van der Waals surface area contributed by atoms with E-state index in [9.17, 15) is 4.79 Å². The first kappa shape index (κ1) is 19.1. The Labute approximate surface area is 161 Å². The van der Waals surface area contributed by atoms with Crippen molar-refractivity contribution in [1.82, 2.24) is 9.80 Å². The Morgan fingerprint density at radius 1 is 1.00 bits per heavy atom. The monoisotopic (exact) mass is 362 g/mol. The molecule has 5 heteroatoms. The largest absolute Gasteiger partial charge is 0.324 e. The third kappa shape index (κ3) is 5.16. The van der Waals surface area contributed by atoms with Gasteiger partial charge in [-0.25, -0.2) is 0 Å². The fourth-order valence-electron chi connectivity index (χ4n) is 3.44. The van der Waals surface area contributed by atoms with E-state index in [0.29, 0.717) is 12.1 Å². The Balaban J connectivity index is 1.46. The van der Waals surface area contributed by atoms with Gasteiger partial charge in [-0.15, -0.1) is 0 Å². The highest BCUT2D eigenvalue weighted by Crippen LogP contribution is 2.19. The molecule has 0 atom stereocenters. The third-order valence-corrected chi connectivity index (χ3v) is 5.07. The standard InChI is InChI=1S/C22H26N4O/c1-17-4-3-5-18(2)22(17)24-21(27)16-26-12-10-25(11-13-26)15-20-8-6-19(14-23)7-9-20/h3-9H,10-13,15-16H2,1-2H3,(H,24,27). The lowest BCUT2D eigenvalue weighted by molar-refractivity contribution is -0.117. The number of carbonyl (C=O) groups is 1. The van der Waals surface area contributed by atoms with Gasteiger partial charge in [0, 0.05) is 38.4 Å². The van der Waals surface area contributed by atoms with Gasteiger partial charge in [0.2, 0.25) is 5.91 Å². The molecule has 1 N–H and O–H groups in total. The average molecular weight is 362 g/mol. The molecule has 0 spiro atoms. The number of amides is 1. The molecule has 0 aliphatic carbocycles. The summed E-state index contributed by atoms with van der Waals surface area (Å²) in [5.41, 5.74) is 5.03. The summed E-state index contributed by atoms with van der Waals surface area (Å²) < 4.78 is 0. The number of carbonyl (C=O) groups excluding carboxylic acids is 1. The van der Waals surface area contributed by atoms with Gasteiger partial charge in [-0.2, -0.15) is 5.26 Å². The number of anilines is 1. The van der Waals surface area contributed by atoms with Crippen LogP contribution >= 0.6 is 0 Å². The summed E-state index contributed by atoms with van der Waals surface area (Å²) in [6.45, 7) is 9.00. The van der Waals surface area contributed by atoms with E-state index in [1.807, 2.05) is 56.3 Å². The first-order chi connectivity index (χ1) is 13.0. The molecule has 0 radical (unpaired) electrons. The first-order valence-corrected chi connectivity index (χ1v) is 9.35. The molecule has 140 valence electrons. The maximum atomic E-state index is 12.4. The van der Waals surface area contributed by atoms with Crippen LogP contribution in [0.4, 0.5) is 5.69 Å². The van der Waals surface area contributed by atoms with E-state index in [-0.39, 0.29) is 5.91 Å². The van der Waals surface area contributed by atoms with Crippen LogP contribution in [0.25, 0.3) is 0 Å². The quantitative estimate of drug-likeness (QED) is 0.888. The number of hydrogen-bond acceptors (Lipinski definition) is 4. The maximum absolute atomic E-state index is 12.4. The minimum absolute atomic E-state index is 0.0490. The maximum Gasteiger partial charge on any atom is 0.238 e. The average Bonchev–Trinajstić information content (AvgIpc) is 2.67. The van der Waals surface area contributed by atoms with Crippen LogP contribution in [0.3, 0.4) is 0 Å². The van der Waals surface area contributed by atoms with Crippen molar-refractivity contribution in [3.63, 3.8) is 0 Å². The van der Waals surface area contributed by atoms with Crippen molar-refractivity contribution < 1.29 is 4.79 Å². The summed E-state index contributed by atoms with van der Waals surface area (Å²) in [7, 11) is 0. The topological polar surface area (TPSA) is 59.4 Å². The van der Waals surface area contributed by atoms with E-state index in [1.165, 1.54) is 5.56 Å². The summed E-state index contributed by atoms with van der Waals surface area (Å²) in [6.07, 6.45) is 0. The molecule has 1 aliphatic rings. The molecular formula is C22H26N4O. The van der Waals surface area contributed by atoms with E-state index < -0.39 is 0 Å². The summed E-state index contributed by atoms with van der Waals surface area (Å²) in [5.74, 6) is 0.0490. The fraction of sp³-hybridized carbons (Fsp3) is 0.364. The van der Waals surface area contributed by atoms with Crippen LogP contribution < -0.4 is 5.32 Å². The zero-order valence-electron chi connectivity index (χ0n) is 16.0. The van der Waals surface area contributed by atoms with Gasteiger partial charge >= 0.3 is 0 Å². The van der Waals surface area contributed by atoms with Crippen LogP contribution in [0.5, 0.6) is 0 Å². The lowest BCUT2D eigenvalue weighted by Crippen LogP contribution is -2.48. The number of benzene rings is 2. The van der Waals surface area contributed by atoms with E-state index in [4.69, 9.17) is 5.26 Å². The molecule has 0 bridgehead atoms. The number of para-hydroxylation sites is 1. The van der Waals surface area contributed by atoms with Gasteiger partial charge in [-0.1, -0.05) is 30.3 Å². The Kier molecular flexibility index (Phi) is 6.23. The molecular weight excluding hydrogens is 336 g/mol. The second-order valence-electron chi connectivity index (χ2n) is 7.18. The van der Waals surface area contributed by atoms with E-state index >= 15 is 0 Å². The molecule has 2 aromatic carbocycles. The molecule has 1 fully saturated rings. The van der Waals surface area contributed by atoms with E-state index in [2.05, 4.69) is 21.2 Å². The van der Waals surface area contributed by atoms with Gasteiger partial charge in [0.25, 0.3) is 0 Å². The highest BCUT2D eigenvalue weighted by atomic mass is 16.2. The van der Waals surface area contributed by atoms with Crippen molar-refractivity contribution in [2.75, 3.05) is 38.0 Å². The minimum atomic E-state index is 0.0490. The van der Waals surface area contributed by atoms with E-state index in [1.54, 1.807) is 0 Å². The van der Waals surface area contributed by atoms with Gasteiger partial charge < -0.3 is 5.32 Å². The van der Waals surface area contributed by atoms with Crippen molar-refractivity contribution in [3.05, 3.63) is 64.7 Å². The smallest absolute Gasteiger partial charge is 0.238 e. The Bertz CT molecular complexity index is 810. The number of hydrogen-bond donors (Lipinski definition) is 1. The molecule has 1 aliphatic heterocycles. The van der Waals surface area contributed by atoms with Crippen molar-refractivity contribution in [1.29, 1.82) is 5.26 Å². The van der Waals surface area contributed by atoms with E-state index in [0.717, 1.165) is 49.5 Å². The number of nitrogens with zero attached hydrogens (tertiary/aromatic N) is 3. The molecule has 1 amide bonds. The van der Waals surface area contributed by atoms with Crippen LogP contribution in [0.2, 0.25) is 0 Å². The number of aryl methyl sites for hydroxylation is 2. The molecule has 0 saturated carbocycles. The zero-order valence-corrected chi connectivity index (χ0v) is 16.0. The Morgan fingerprint density at radius 2 is 1.59 bits per heavy atom. The second kappa shape index (κ2) is 8.81. The lowest BCUT2D eigenvalue weighted by atomic mass is 10.1. The first-order valence-electron chi connectivity index (χ1n) is 9.35. The lowest BCUT2D eigenvalue weighted by Gasteiger charge is -2.34. The SMILES string of the molecule is Cc1cccc(C)c1NC(=O)CN1CCN(Cc2ccc(C#N)cc2)CC1. The normalized spacial score (nSPS) is 15.3. The van der Waals surface area contributed by atoms with Crippen LogP contribution in [-0.2, 0) is 11.3 Å². The second-order valence-corrected chi connectivity index (χ2v) is 7.18. The Hall–Kier alpha value is -2.68. The van der Waals surface area contributed by atoms with Crippen LogP contribution in [0, 0.1) is 25.2 Å². The van der Waals surface area contributed by atoms with Gasteiger partial charge in [-0.3, -0.25) is 14.6 Å². The summed E-state index contributed by atoms with van der Waals surface area (Å²) >= 11 is 0. The predicted molar refractivity (Wildman–Crippen MR) is 107 cm³/mol. The summed E-state index contributed by atoms with van der Waals surface area (Å²) in [5, 5.41) is 11.9. The minimum Gasteiger partial charge on any atom is -0.324 e. The van der Waals surface area contributed by atoms with Gasteiger partial charge in [0.05, 0.1) is 18.2 Å². The molecule has 1 saturated heterocycles. The molecule has 0 unspecified atom stereocenters. The number of nitriles is 1. The number of rotatable bonds is 5. The van der Waals surface area contributed by atoms with Crippen LogP contribution in [-0.4, -0.2) is 48.4 Å². The van der Waals surface area contributed by atoms with Gasteiger partial charge in [0.1, 0.15) is 0 Å². The van der Waals surface area contributed by atoms with Crippen LogP contribution in [0.1, 0.15) is 22.3 Å². The molecule has 2 aromatic rings. The molecule has 1 heterocycles. The highest BCUT2D eigenvalue weighted by Gasteiger charge is 2.19. The van der Waals surface area contributed by atoms with Crippen molar-refractivity contribution in [3.8, 4) is 6.07 Å². The Morgan fingerprint density at radius 3 is 2.19 bits per heavy atom. The fourth-order valence-corrected chi connectivity index (χ4v) is 3.44. The predicted octanol–water partition coefficient (Wildman–Crippen LogP) is 2.93. The number of piperazine rings is 1. The number of nitrogens with one attached hydrogen (secondary N) is 1. The van der Waals surface area contributed by atoms with Crippen molar-refractivity contribution in [2.24, 2.45) is 0 Å². The van der Waals surface area contributed by atoms with Crippen molar-refractivity contribution in [2.45, 2.75) is 20.4 Å². The summed E-state index contributed by atoms with van der Waals surface area (Å²) in [4.78, 5) is 17.0. The van der Waals surface area contributed by atoms with Gasteiger partial charge in [0.15, 0.2) is 0 Å². The molecule has 0 aromatic heterocycles. The highest BCUT2D eigenvalue weighted by molar-refractivity contribution is 5.93. The zero-order chi connectivity index (χ0) is 19.2. The van der Waals surface area contributed by atoms with Crippen LogP contribution in [0.15, 0.2) is 42.5 Å². The molecule has 3 rings (SSSR count).